The monoisotopic (exact) mass is 386 g/mol. The molecular formula is C21H23ClN2O3. The van der Waals surface area contributed by atoms with E-state index < -0.39 is 5.41 Å². The van der Waals surface area contributed by atoms with E-state index in [-0.39, 0.29) is 11.8 Å². The Hall–Kier alpha value is -2.53. The molecular weight excluding hydrogens is 364 g/mol. The Morgan fingerprint density at radius 2 is 1.89 bits per heavy atom. The molecule has 0 aliphatic heterocycles. The van der Waals surface area contributed by atoms with E-state index in [9.17, 15) is 9.59 Å². The van der Waals surface area contributed by atoms with Gasteiger partial charge in [-0.05, 0) is 61.6 Å². The number of carbonyl (C=O) groups is 2. The zero-order valence-electron chi connectivity index (χ0n) is 15.5. The van der Waals surface area contributed by atoms with E-state index in [1.165, 1.54) is 0 Å². The molecule has 2 aromatic carbocycles. The fourth-order valence-corrected chi connectivity index (χ4v) is 3.31. The highest BCUT2D eigenvalue weighted by atomic mass is 35.5. The third-order valence-corrected chi connectivity index (χ3v) is 5.16. The van der Waals surface area contributed by atoms with Crippen LogP contribution in [0.5, 0.6) is 5.75 Å². The molecule has 3 rings (SSSR count). The van der Waals surface area contributed by atoms with Crippen LogP contribution < -0.4 is 15.4 Å². The molecule has 2 aromatic rings. The van der Waals surface area contributed by atoms with Gasteiger partial charge in [-0.25, -0.2) is 0 Å². The van der Waals surface area contributed by atoms with Gasteiger partial charge in [0.15, 0.2) is 0 Å². The van der Waals surface area contributed by atoms with E-state index in [1.54, 1.807) is 25.3 Å². The fourth-order valence-electron chi connectivity index (χ4n) is 3.08. The van der Waals surface area contributed by atoms with Crippen molar-refractivity contribution in [2.45, 2.75) is 26.2 Å². The Morgan fingerprint density at radius 1 is 1.15 bits per heavy atom. The molecule has 0 atom stereocenters. The summed E-state index contributed by atoms with van der Waals surface area (Å²) >= 11 is 5.95. The van der Waals surface area contributed by atoms with Gasteiger partial charge in [-0.1, -0.05) is 29.8 Å². The molecule has 5 nitrogen and oxygen atoms in total. The minimum Gasteiger partial charge on any atom is -0.496 e. The molecule has 6 heteroatoms. The van der Waals surface area contributed by atoms with Crippen LogP contribution in [0.3, 0.4) is 0 Å². The first-order chi connectivity index (χ1) is 13.0. The molecule has 0 radical (unpaired) electrons. The van der Waals surface area contributed by atoms with E-state index in [1.807, 2.05) is 31.2 Å². The molecule has 0 heterocycles. The molecule has 0 bridgehead atoms. The van der Waals surface area contributed by atoms with Crippen LogP contribution in [0.1, 0.15) is 24.0 Å². The van der Waals surface area contributed by atoms with E-state index in [2.05, 4.69) is 10.6 Å². The Morgan fingerprint density at radius 3 is 2.56 bits per heavy atom. The lowest BCUT2D eigenvalue weighted by atomic mass is 10.0. The Labute approximate surface area is 164 Å². The number of para-hydroxylation sites is 1. The summed E-state index contributed by atoms with van der Waals surface area (Å²) in [6, 6.07) is 13.0. The molecule has 1 fully saturated rings. The van der Waals surface area contributed by atoms with E-state index >= 15 is 0 Å². The summed E-state index contributed by atoms with van der Waals surface area (Å²) in [6.07, 6.45) is 1.77. The zero-order valence-corrected chi connectivity index (χ0v) is 16.2. The minimum absolute atomic E-state index is 0.221. The Balaban J connectivity index is 1.58. The summed E-state index contributed by atoms with van der Waals surface area (Å²) in [6.45, 7) is 2.32. The normalized spacial score (nSPS) is 14.3. The van der Waals surface area contributed by atoms with Gasteiger partial charge in [-0.3, -0.25) is 9.59 Å². The van der Waals surface area contributed by atoms with Crippen LogP contribution in [-0.4, -0.2) is 25.5 Å². The fraction of sp³-hybridized carbons (Fsp3) is 0.333. The summed E-state index contributed by atoms with van der Waals surface area (Å²) in [5.41, 5.74) is 1.60. The molecule has 1 aliphatic carbocycles. The summed E-state index contributed by atoms with van der Waals surface area (Å²) in [5.74, 6) is 0.313. The third-order valence-electron chi connectivity index (χ3n) is 4.93. The van der Waals surface area contributed by atoms with Crippen molar-refractivity contribution >= 4 is 29.1 Å². The molecule has 2 amide bonds. The van der Waals surface area contributed by atoms with Crippen molar-refractivity contribution < 1.29 is 14.3 Å². The van der Waals surface area contributed by atoms with Crippen LogP contribution in [-0.2, 0) is 16.0 Å². The largest absolute Gasteiger partial charge is 0.496 e. The number of amides is 2. The number of hydrogen-bond donors (Lipinski definition) is 2. The van der Waals surface area contributed by atoms with Crippen molar-refractivity contribution in [3.8, 4) is 5.75 Å². The topological polar surface area (TPSA) is 67.4 Å². The number of ether oxygens (including phenoxy) is 1. The number of anilines is 1. The number of nitrogens with one attached hydrogen (secondary N) is 2. The molecule has 0 saturated heterocycles. The van der Waals surface area contributed by atoms with Crippen LogP contribution in [0.15, 0.2) is 42.5 Å². The van der Waals surface area contributed by atoms with Gasteiger partial charge in [0, 0.05) is 17.3 Å². The van der Waals surface area contributed by atoms with Crippen molar-refractivity contribution in [1.29, 1.82) is 0 Å². The van der Waals surface area contributed by atoms with Crippen LogP contribution >= 0.6 is 11.6 Å². The number of halogens is 1. The van der Waals surface area contributed by atoms with Crippen molar-refractivity contribution in [3.05, 3.63) is 58.6 Å². The molecule has 2 N–H and O–H groups in total. The first kappa shape index (κ1) is 19.2. The summed E-state index contributed by atoms with van der Waals surface area (Å²) in [4.78, 5) is 25.3. The minimum atomic E-state index is -0.965. The summed E-state index contributed by atoms with van der Waals surface area (Å²) in [5, 5.41) is 6.38. The highest BCUT2D eigenvalue weighted by Gasteiger charge is 2.56. The number of hydrogen-bond acceptors (Lipinski definition) is 3. The smallest absolute Gasteiger partial charge is 0.240 e. The van der Waals surface area contributed by atoms with Gasteiger partial charge < -0.3 is 15.4 Å². The van der Waals surface area contributed by atoms with Gasteiger partial charge in [0.05, 0.1) is 7.11 Å². The van der Waals surface area contributed by atoms with Gasteiger partial charge in [0.1, 0.15) is 11.2 Å². The van der Waals surface area contributed by atoms with Gasteiger partial charge in [0.2, 0.25) is 11.8 Å². The van der Waals surface area contributed by atoms with Crippen molar-refractivity contribution in [2.24, 2.45) is 5.41 Å². The lowest BCUT2D eigenvalue weighted by Crippen LogP contribution is -2.40. The molecule has 1 aliphatic rings. The lowest BCUT2D eigenvalue weighted by molar-refractivity contribution is -0.134. The molecule has 142 valence electrons. The second kappa shape index (κ2) is 8.01. The van der Waals surface area contributed by atoms with E-state index in [0.717, 1.165) is 16.9 Å². The first-order valence-corrected chi connectivity index (χ1v) is 9.32. The number of rotatable bonds is 7. The second-order valence-electron chi connectivity index (χ2n) is 6.81. The number of aryl methyl sites for hydroxylation is 1. The molecule has 27 heavy (non-hydrogen) atoms. The number of carbonyl (C=O) groups excluding carboxylic acids is 2. The van der Waals surface area contributed by atoms with Gasteiger partial charge in [-0.2, -0.15) is 0 Å². The van der Waals surface area contributed by atoms with E-state index in [0.29, 0.717) is 36.5 Å². The SMILES string of the molecule is COc1ccccc1CCNC(=O)C1(C(=O)Nc2ccc(Cl)cc2C)CC1. The van der Waals surface area contributed by atoms with Crippen LogP contribution in [0.2, 0.25) is 5.02 Å². The Kier molecular flexibility index (Phi) is 5.71. The summed E-state index contributed by atoms with van der Waals surface area (Å²) < 4.78 is 5.32. The maximum Gasteiger partial charge on any atom is 0.240 e. The predicted molar refractivity (Wildman–Crippen MR) is 106 cm³/mol. The zero-order chi connectivity index (χ0) is 19.4. The number of benzene rings is 2. The maximum absolute atomic E-state index is 12.7. The van der Waals surface area contributed by atoms with Crippen molar-refractivity contribution in [3.63, 3.8) is 0 Å². The van der Waals surface area contributed by atoms with Crippen molar-refractivity contribution in [1.82, 2.24) is 5.32 Å². The molecule has 0 unspecified atom stereocenters. The standard InChI is InChI=1S/C21H23ClN2O3/c1-14-13-16(22)7-8-17(14)24-20(26)21(10-11-21)19(25)23-12-9-15-5-3-4-6-18(15)27-2/h3-8,13H,9-12H2,1-2H3,(H,23,25)(H,24,26). The first-order valence-electron chi connectivity index (χ1n) is 8.94. The van der Waals surface area contributed by atoms with Gasteiger partial charge in [-0.15, -0.1) is 0 Å². The van der Waals surface area contributed by atoms with Gasteiger partial charge in [0.25, 0.3) is 0 Å². The van der Waals surface area contributed by atoms with Crippen LogP contribution in [0.4, 0.5) is 5.69 Å². The predicted octanol–water partition coefficient (Wildman–Crippen LogP) is 3.73. The van der Waals surface area contributed by atoms with E-state index in [4.69, 9.17) is 16.3 Å². The molecule has 1 saturated carbocycles. The molecule has 0 spiro atoms. The van der Waals surface area contributed by atoms with Gasteiger partial charge >= 0.3 is 0 Å². The highest BCUT2D eigenvalue weighted by molar-refractivity contribution is 6.30. The number of methoxy groups -OCH3 is 1. The highest BCUT2D eigenvalue weighted by Crippen LogP contribution is 2.47. The quantitative estimate of drug-likeness (QED) is 0.712. The van der Waals surface area contributed by atoms with Crippen LogP contribution in [0, 0.1) is 12.3 Å². The Bertz CT molecular complexity index is 862. The second-order valence-corrected chi connectivity index (χ2v) is 7.25. The maximum atomic E-state index is 12.7. The average Bonchev–Trinajstić information content (AvgIpc) is 3.46. The molecule has 0 aromatic heterocycles. The van der Waals surface area contributed by atoms with Crippen LogP contribution in [0.25, 0.3) is 0 Å². The van der Waals surface area contributed by atoms with Crippen molar-refractivity contribution in [2.75, 3.05) is 19.0 Å². The third kappa shape index (κ3) is 4.25. The summed E-state index contributed by atoms with van der Waals surface area (Å²) in [7, 11) is 1.62. The average molecular weight is 387 g/mol. The lowest BCUT2D eigenvalue weighted by Gasteiger charge is -2.17.